The minimum absolute atomic E-state index is 0.0124. The molecule has 0 unspecified atom stereocenters. The van der Waals surface area contributed by atoms with Gasteiger partial charge in [0.15, 0.2) is 0 Å². The number of imidazole rings is 2. The van der Waals surface area contributed by atoms with Gasteiger partial charge < -0.3 is 18.6 Å². The highest BCUT2D eigenvalue weighted by Gasteiger charge is 2.22. The molecule has 0 saturated carbocycles. The number of amides is 2. The fraction of sp³-hybridized carbons (Fsp3) is 0.340. The maximum absolute atomic E-state index is 12.4. The second kappa shape index (κ2) is 22.8. The SMILES string of the molecule is CC(C)Oc1ccc(C(=O)NN)cc1Cl.CC(C)Oc1ccc(C(=O)NNCc2ccc(-c3cn(C)c(C(C)(C)C)n3)cc2)cc1Cl.Cn1cc(-c2ccc(C=O)cc2)nc1C(C)(C)C. The molecule has 0 bridgehead atoms. The Labute approximate surface area is 393 Å². The van der Waals surface area contributed by atoms with Crippen LogP contribution in [0.4, 0.5) is 0 Å². The van der Waals surface area contributed by atoms with Crippen LogP contribution in [0.15, 0.2) is 97.3 Å². The Hall–Kier alpha value is -5.99. The summed E-state index contributed by atoms with van der Waals surface area (Å²) in [5.74, 6) is 7.57. The summed E-state index contributed by atoms with van der Waals surface area (Å²) in [7, 11) is 4.03. The van der Waals surface area contributed by atoms with Gasteiger partial charge in [-0.25, -0.2) is 21.2 Å². The van der Waals surface area contributed by atoms with Gasteiger partial charge in [-0.05, 0) is 69.7 Å². The monoisotopic (exact) mass is 924 g/mol. The second-order valence-corrected chi connectivity index (χ2v) is 18.8. The molecule has 0 aliphatic heterocycles. The van der Waals surface area contributed by atoms with Crippen molar-refractivity contribution in [3.8, 4) is 34.0 Å². The van der Waals surface area contributed by atoms with Gasteiger partial charge in [0.05, 0.1) is 33.6 Å². The van der Waals surface area contributed by atoms with Gasteiger partial charge in [-0.3, -0.25) is 25.2 Å². The lowest BCUT2D eigenvalue weighted by atomic mass is 9.96. The third-order valence-corrected chi connectivity index (χ3v) is 10.0. The summed E-state index contributed by atoms with van der Waals surface area (Å²) in [6.45, 7) is 21.0. The number of carbonyl (C=O) groups is 3. The van der Waals surface area contributed by atoms with E-state index in [1.54, 1.807) is 30.3 Å². The zero-order valence-corrected chi connectivity index (χ0v) is 40.9. The molecule has 6 aromatic rings. The van der Waals surface area contributed by atoms with Crippen molar-refractivity contribution in [2.75, 3.05) is 0 Å². The maximum Gasteiger partial charge on any atom is 0.265 e. The van der Waals surface area contributed by atoms with E-state index in [0.29, 0.717) is 44.8 Å². The number of nitrogens with two attached hydrogens (primary N) is 1. The first-order chi connectivity index (χ1) is 30.5. The normalized spacial score (nSPS) is 11.3. The summed E-state index contributed by atoms with van der Waals surface area (Å²) in [6, 6.07) is 25.4. The molecule has 0 aliphatic rings. The van der Waals surface area contributed by atoms with Crippen LogP contribution in [-0.2, 0) is 31.5 Å². The van der Waals surface area contributed by atoms with Crippen LogP contribution >= 0.6 is 23.2 Å². The third kappa shape index (κ3) is 15.0. The molecule has 0 atom stereocenters. The van der Waals surface area contributed by atoms with Crippen LogP contribution < -0.4 is 31.6 Å². The predicted octanol–water partition coefficient (Wildman–Crippen LogP) is 10.2. The Kier molecular flexibility index (Phi) is 18.1. The van der Waals surface area contributed by atoms with Crippen LogP contribution in [0.2, 0.25) is 10.0 Å². The number of ether oxygens (including phenoxy) is 2. The summed E-state index contributed by atoms with van der Waals surface area (Å²) in [6.07, 6.45) is 4.98. The van der Waals surface area contributed by atoms with Gasteiger partial charge in [0.2, 0.25) is 0 Å². The summed E-state index contributed by atoms with van der Waals surface area (Å²) in [4.78, 5) is 43.7. The lowest BCUT2D eigenvalue weighted by Gasteiger charge is -2.17. The fourth-order valence-electron chi connectivity index (χ4n) is 6.50. The molecule has 346 valence electrons. The van der Waals surface area contributed by atoms with Crippen molar-refractivity contribution < 1.29 is 23.9 Å². The summed E-state index contributed by atoms with van der Waals surface area (Å²) < 4.78 is 15.2. The molecule has 2 amide bonds. The number of carbonyl (C=O) groups excluding carboxylic acids is 3. The summed E-state index contributed by atoms with van der Waals surface area (Å²) >= 11 is 12.1. The molecule has 2 aromatic heterocycles. The number of hydrogen-bond donors (Lipinski definition) is 4. The molecule has 65 heavy (non-hydrogen) atoms. The first-order valence-corrected chi connectivity index (χ1v) is 21.9. The van der Waals surface area contributed by atoms with Crippen LogP contribution in [0.3, 0.4) is 0 Å². The average molecular weight is 926 g/mol. The van der Waals surface area contributed by atoms with E-state index in [2.05, 4.69) is 72.7 Å². The van der Waals surface area contributed by atoms with E-state index in [4.69, 9.17) is 43.5 Å². The Morgan fingerprint density at radius 1 is 0.677 bits per heavy atom. The number of hydrazine groups is 2. The van der Waals surface area contributed by atoms with Gasteiger partial charge in [0.1, 0.15) is 29.4 Å². The van der Waals surface area contributed by atoms with Gasteiger partial charge in [-0.15, -0.1) is 0 Å². The summed E-state index contributed by atoms with van der Waals surface area (Å²) in [5.41, 5.74) is 14.3. The molecule has 0 spiro atoms. The van der Waals surface area contributed by atoms with Gasteiger partial charge in [-0.2, -0.15) is 0 Å². The summed E-state index contributed by atoms with van der Waals surface area (Å²) in [5, 5.41) is 0.802. The Bertz CT molecular complexity index is 2530. The van der Waals surface area contributed by atoms with Crippen molar-refractivity contribution >= 4 is 41.3 Å². The van der Waals surface area contributed by atoms with E-state index in [0.717, 1.165) is 46.0 Å². The van der Waals surface area contributed by atoms with Crippen molar-refractivity contribution in [3.05, 3.63) is 141 Å². The number of nitrogens with one attached hydrogen (secondary N) is 3. The Balaban J connectivity index is 0.000000236. The van der Waals surface area contributed by atoms with Crippen molar-refractivity contribution in [1.29, 1.82) is 0 Å². The van der Waals surface area contributed by atoms with E-state index in [9.17, 15) is 14.4 Å². The number of hydrogen-bond acceptors (Lipinski definition) is 9. The molecule has 13 nitrogen and oxygen atoms in total. The van der Waals surface area contributed by atoms with E-state index in [-0.39, 0.29) is 34.9 Å². The molecule has 0 fully saturated rings. The minimum atomic E-state index is -0.381. The molecule has 6 rings (SSSR count). The molecule has 5 N–H and O–H groups in total. The molecule has 15 heteroatoms. The van der Waals surface area contributed by atoms with Crippen LogP contribution in [0.25, 0.3) is 22.5 Å². The van der Waals surface area contributed by atoms with E-state index in [1.165, 1.54) is 6.07 Å². The maximum atomic E-state index is 12.4. The smallest absolute Gasteiger partial charge is 0.265 e. The number of rotatable bonds is 12. The standard InChI is InChI=1S/C25H31ClN4O2.C15H18N2O.C10H13ClN2O2/c1-16(2)32-22-12-11-19(13-20(22)26)23(31)29-27-14-17-7-9-18(10-8-17)21-15-30(6)24(28-21)25(3,4)5;1-15(2,3)14-16-13(9-17(14)4)12-7-5-11(10-18)6-8-12;1-6(2)15-9-4-3-7(5-8(9)11)10(14)13-12/h7-13,15-16,27H,14H2,1-6H3,(H,29,31);5-10H,1-4H3;3-6H,12H2,1-2H3,(H,13,14). The quantitative estimate of drug-likeness (QED) is 0.0404. The largest absolute Gasteiger partial charge is 0.489 e. The van der Waals surface area contributed by atoms with Gasteiger partial charge >= 0.3 is 0 Å². The van der Waals surface area contributed by atoms with Crippen LogP contribution in [0, 0.1) is 0 Å². The Morgan fingerprint density at radius 2 is 1.09 bits per heavy atom. The number of aryl methyl sites for hydroxylation is 2. The van der Waals surface area contributed by atoms with E-state index in [1.807, 2.05) is 102 Å². The highest BCUT2D eigenvalue weighted by molar-refractivity contribution is 6.32. The Morgan fingerprint density at radius 3 is 1.45 bits per heavy atom. The number of aldehydes is 1. The minimum Gasteiger partial charge on any atom is -0.489 e. The highest BCUT2D eigenvalue weighted by atomic mass is 35.5. The molecular weight excluding hydrogens is 864 g/mol. The molecule has 0 aliphatic carbocycles. The number of benzene rings is 4. The molecule has 0 saturated heterocycles. The number of nitrogen functional groups attached to an aromatic ring is 1. The molecule has 0 radical (unpaired) electrons. The van der Waals surface area contributed by atoms with E-state index >= 15 is 0 Å². The number of halogens is 2. The van der Waals surface area contributed by atoms with Crippen LogP contribution in [0.1, 0.15) is 118 Å². The second-order valence-electron chi connectivity index (χ2n) is 18.0. The highest BCUT2D eigenvalue weighted by Crippen LogP contribution is 2.29. The van der Waals surface area contributed by atoms with Crippen LogP contribution in [-0.4, -0.2) is 49.4 Å². The zero-order chi connectivity index (χ0) is 48.2. The van der Waals surface area contributed by atoms with Crippen molar-refractivity contribution in [3.63, 3.8) is 0 Å². The molecule has 4 aromatic carbocycles. The molecular formula is C50H62Cl2N8O5. The van der Waals surface area contributed by atoms with Gasteiger partial charge in [0, 0.05) is 71.7 Å². The van der Waals surface area contributed by atoms with Crippen LogP contribution in [0.5, 0.6) is 11.5 Å². The fourth-order valence-corrected chi connectivity index (χ4v) is 6.95. The third-order valence-electron chi connectivity index (χ3n) is 9.43. The first kappa shape index (κ1) is 51.6. The topological polar surface area (TPSA) is 167 Å². The lowest BCUT2D eigenvalue weighted by Crippen LogP contribution is -2.36. The van der Waals surface area contributed by atoms with Crippen molar-refractivity contribution in [2.24, 2.45) is 19.9 Å². The zero-order valence-electron chi connectivity index (χ0n) is 39.3. The average Bonchev–Trinajstić information content (AvgIpc) is 3.85. The number of aromatic nitrogens is 4. The van der Waals surface area contributed by atoms with Gasteiger partial charge in [-0.1, -0.05) is 113 Å². The van der Waals surface area contributed by atoms with E-state index < -0.39 is 0 Å². The first-order valence-electron chi connectivity index (χ1n) is 21.2. The molecule has 2 heterocycles. The lowest BCUT2D eigenvalue weighted by molar-refractivity contribution is 0.0929. The van der Waals surface area contributed by atoms with Crippen molar-refractivity contribution in [2.45, 2.75) is 98.8 Å². The number of nitrogens with zero attached hydrogens (tertiary/aromatic N) is 4. The van der Waals surface area contributed by atoms with Crippen molar-refractivity contribution in [1.82, 2.24) is 35.4 Å². The van der Waals surface area contributed by atoms with Gasteiger partial charge in [0.25, 0.3) is 11.8 Å². The predicted molar refractivity (Wildman–Crippen MR) is 260 cm³/mol.